The van der Waals surface area contributed by atoms with Crippen LogP contribution in [-0.2, 0) is 11.3 Å². The summed E-state index contributed by atoms with van der Waals surface area (Å²) in [5.74, 6) is 1.57. The molecule has 1 aromatic carbocycles. The predicted molar refractivity (Wildman–Crippen MR) is 63.9 cm³/mol. The van der Waals surface area contributed by atoms with Crippen LogP contribution in [0.2, 0.25) is 0 Å². The fraction of sp³-hybridized carbons (Fsp3) is 0.538. The van der Waals surface area contributed by atoms with E-state index in [4.69, 9.17) is 9.47 Å². The van der Waals surface area contributed by atoms with Gasteiger partial charge >= 0.3 is 0 Å². The zero-order chi connectivity index (χ0) is 11.4. The zero-order valence-corrected chi connectivity index (χ0v) is 9.95. The first-order valence-electron chi connectivity index (χ1n) is 5.71. The number of rotatable bonds is 4. The molecular formula is C13H19NO2. The van der Waals surface area contributed by atoms with Gasteiger partial charge in [0.05, 0.1) is 13.7 Å². The van der Waals surface area contributed by atoms with Gasteiger partial charge in [-0.3, -0.25) is 0 Å². The molecule has 0 amide bonds. The van der Waals surface area contributed by atoms with Crippen LogP contribution in [0, 0.1) is 0 Å². The average molecular weight is 221 g/mol. The molecule has 1 aliphatic heterocycles. The fourth-order valence-electron chi connectivity index (χ4n) is 2.23. The topological polar surface area (TPSA) is 30.5 Å². The van der Waals surface area contributed by atoms with Crippen molar-refractivity contribution in [3.63, 3.8) is 0 Å². The Morgan fingerprint density at radius 1 is 1.38 bits per heavy atom. The smallest absolute Gasteiger partial charge is 0.124 e. The Hall–Kier alpha value is -1.06. The van der Waals surface area contributed by atoms with E-state index >= 15 is 0 Å². The van der Waals surface area contributed by atoms with Gasteiger partial charge in [0.25, 0.3) is 0 Å². The van der Waals surface area contributed by atoms with Crippen LogP contribution >= 0.6 is 0 Å². The molecule has 0 bridgehead atoms. The highest BCUT2D eigenvalue weighted by atomic mass is 16.5. The van der Waals surface area contributed by atoms with Crippen LogP contribution in [0.1, 0.15) is 23.5 Å². The maximum atomic E-state index is 5.40. The monoisotopic (exact) mass is 221 g/mol. The van der Waals surface area contributed by atoms with Gasteiger partial charge in [-0.1, -0.05) is 12.1 Å². The van der Waals surface area contributed by atoms with E-state index in [2.05, 4.69) is 23.5 Å². The Balaban J connectivity index is 2.21. The minimum Gasteiger partial charge on any atom is -0.496 e. The van der Waals surface area contributed by atoms with Crippen LogP contribution < -0.4 is 10.1 Å². The van der Waals surface area contributed by atoms with Crippen molar-refractivity contribution in [1.29, 1.82) is 0 Å². The van der Waals surface area contributed by atoms with Crippen LogP contribution in [0.25, 0.3) is 0 Å². The zero-order valence-electron chi connectivity index (χ0n) is 9.95. The molecule has 1 N–H and O–H groups in total. The lowest BCUT2D eigenvalue weighted by Gasteiger charge is -2.13. The van der Waals surface area contributed by atoms with E-state index in [9.17, 15) is 0 Å². The Morgan fingerprint density at radius 2 is 2.25 bits per heavy atom. The molecule has 1 aromatic rings. The van der Waals surface area contributed by atoms with Gasteiger partial charge in [-0.25, -0.2) is 0 Å². The molecule has 1 unspecified atom stereocenters. The Labute approximate surface area is 96.8 Å². The van der Waals surface area contributed by atoms with Crippen molar-refractivity contribution in [3.05, 3.63) is 29.3 Å². The summed E-state index contributed by atoms with van der Waals surface area (Å²) < 4.78 is 10.5. The summed E-state index contributed by atoms with van der Waals surface area (Å²) in [5.41, 5.74) is 2.47. The minimum absolute atomic E-state index is 0.604. The molecule has 1 fully saturated rings. The molecule has 0 aromatic heterocycles. The van der Waals surface area contributed by atoms with Gasteiger partial charge in [0.2, 0.25) is 0 Å². The maximum absolute atomic E-state index is 5.40. The molecule has 0 radical (unpaired) electrons. The van der Waals surface area contributed by atoms with E-state index in [1.807, 2.05) is 0 Å². The molecular weight excluding hydrogens is 202 g/mol. The number of nitrogens with one attached hydrogen (secondary N) is 1. The third-order valence-corrected chi connectivity index (χ3v) is 3.14. The lowest BCUT2D eigenvalue weighted by atomic mass is 9.97. The second-order valence-corrected chi connectivity index (χ2v) is 4.19. The third-order valence-electron chi connectivity index (χ3n) is 3.14. The van der Waals surface area contributed by atoms with E-state index in [0.717, 1.165) is 24.4 Å². The summed E-state index contributed by atoms with van der Waals surface area (Å²) in [5, 5.41) is 3.38. The number of ether oxygens (including phenoxy) is 2. The average Bonchev–Trinajstić information content (AvgIpc) is 2.83. The molecule has 3 nitrogen and oxygen atoms in total. The van der Waals surface area contributed by atoms with Crippen LogP contribution in [-0.4, -0.2) is 27.3 Å². The summed E-state index contributed by atoms with van der Waals surface area (Å²) in [7, 11) is 3.42. The van der Waals surface area contributed by atoms with E-state index < -0.39 is 0 Å². The number of hydrogen-bond donors (Lipinski definition) is 1. The highest BCUT2D eigenvalue weighted by Gasteiger charge is 2.17. The van der Waals surface area contributed by atoms with E-state index in [1.54, 1.807) is 14.2 Å². The van der Waals surface area contributed by atoms with Gasteiger partial charge in [-0.15, -0.1) is 0 Å². The summed E-state index contributed by atoms with van der Waals surface area (Å²) >= 11 is 0. The van der Waals surface area contributed by atoms with E-state index in [1.165, 1.54) is 12.0 Å². The third kappa shape index (κ3) is 2.36. The van der Waals surface area contributed by atoms with Gasteiger partial charge in [0, 0.05) is 19.2 Å². The summed E-state index contributed by atoms with van der Waals surface area (Å²) in [6.07, 6.45) is 1.22. The van der Waals surface area contributed by atoms with Crippen molar-refractivity contribution in [2.24, 2.45) is 0 Å². The number of benzene rings is 1. The summed E-state index contributed by atoms with van der Waals surface area (Å²) in [4.78, 5) is 0. The van der Waals surface area contributed by atoms with Crippen LogP contribution in [0.5, 0.6) is 5.75 Å². The van der Waals surface area contributed by atoms with Crippen LogP contribution in [0.4, 0.5) is 0 Å². The van der Waals surface area contributed by atoms with Crippen molar-refractivity contribution < 1.29 is 9.47 Å². The number of methoxy groups -OCH3 is 2. The first-order valence-corrected chi connectivity index (χ1v) is 5.71. The van der Waals surface area contributed by atoms with Crippen molar-refractivity contribution >= 4 is 0 Å². The van der Waals surface area contributed by atoms with Crippen molar-refractivity contribution in [2.45, 2.75) is 18.9 Å². The largest absolute Gasteiger partial charge is 0.496 e. The standard InChI is InChI=1S/C13H19NO2/c1-15-9-12-4-3-10(7-13(12)16-2)11-5-6-14-8-11/h3-4,7,11,14H,5-6,8-9H2,1-2H3. The molecule has 1 saturated heterocycles. The fourth-order valence-corrected chi connectivity index (χ4v) is 2.23. The van der Waals surface area contributed by atoms with Crippen LogP contribution in [0.15, 0.2) is 18.2 Å². The van der Waals surface area contributed by atoms with Gasteiger partial charge in [-0.05, 0) is 30.5 Å². The van der Waals surface area contributed by atoms with Gasteiger partial charge in [0.1, 0.15) is 5.75 Å². The first kappa shape index (κ1) is 11.4. The molecule has 2 rings (SSSR count). The molecule has 3 heteroatoms. The van der Waals surface area contributed by atoms with Gasteiger partial charge in [0.15, 0.2) is 0 Å². The van der Waals surface area contributed by atoms with Crippen molar-refractivity contribution in [3.8, 4) is 5.75 Å². The molecule has 1 atom stereocenters. The van der Waals surface area contributed by atoms with E-state index in [-0.39, 0.29) is 0 Å². The molecule has 16 heavy (non-hydrogen) atoms. The molecule has 88 valence electrons. The normalized spacial score (nSPS) is 20.0. The Kier molecular flexibility index (Phi) is 3.80. The SMILES string of the molecule is COCc1ccc(C2CCNC2)cc1OC. The lowest BCUT2D eigenvalue weighted by molar-refractivity contribution is 0.181. The summed E-state index contributed by atoms with van der Waals surface area (Å²) in [6.45, 7) is 2.80. The predicted octanol–water partition coefficient (Wildman–Crippen LogP) is 1.92. The lowest BCUT2D eigenvalue weighted by Crippen LogP contribution is -2.08. The quantitative estimate of drug-likeness (QED) is 0.842. The Bertz CT molecular complexity index is 346. The maximum Gasteiger partial charge on any atom is 0.124 e. The van der Waals surface area contributed by atoms with Crippen molar-refractivity contribution in [2.75, 3.05) is 27.3 Å². The van der Waals surface area contributed by atoms with Crippen LogP contribution in [0.3, 0.4) is 0 Å². The summed E-state index contributed by atoms with van der Waals surface area (Å²) in [6, 6.07) is 6.44. The molecule has 0 aliphatic carbocycles. The second kappa shape index (κ2) is 5.32. The van der Waals surface area contributed by atoms with Crippen molar-refractivity contribution in [1.82, 2.24) is 5.32 Å². The minimum atomic E-state index is 0.604. The highest BCUT2D eigenvalue weighted by molar-refractivity contribution is 5.39. The van der Waals surface area contributed by atoms with E-state index in [0.29, 0.717) is 12.5 Å². The second-order valence-electron chi connectivity index (χ2n) is 4.19. The highest BCUT2D eigenvalue weighted by Crippen LogP contribution is 2.28. The molecule has 0 spiro atoms. The van der Waals surface area contributed by atoms with Gasteiger partial charge < -0.3 is 14.8 Å². The Morgan fingerprint density at radius 3 is 2.88 bits per heavy atom. The molecule has 1 heterocycles. The molecule has 1 aliphatic rings. The van der Waals surface area contributed by atoms with Gasteiger partial charge in [-0.2, -0.15) is 0 Å². The first-order chi connectivity index (χ1) is 7.85. The molecule has 0 saturated carbocycles. The number of hydrogen-bond acceptors (Lipinski definition) is 3.